The molecule has 7 nitrogen and oxygen atoms in total. The largest absolute Gasteiger partial charge is 0.497 e. The average Bonchev–Trinajstić information content (AvgIpc) is 2.90. The summed E-state index contributed by atoms with van der Waals surface area (Å²) in [7, 11) is 3.07. The van der Waals surface area contributed by atoms with Crippen molar-refractivity contribution < 1.29 is 28.1 Å². The fourth-order valence-electron chi connectivity index (χ4n) is 3.39. The van der Waals surface area contributed by atoms with Crippen LogP contribution in [-0.2, 0) is 17.9 Å². The molecule has 0 fully saturated rings. The lowest BCUT2D eigenvalue weighted by molar-refractivity contribution is -0.117. The number of nitrogens with zero attached hydrogens (tertiary/aromatic N) is 1. The van der Waals surface area contributed by atoms with E-state index in [0.29, 0.717) is 35.2 Å². The van der Waals surface area contributed by atoms with Gasteiger partial charge in [0.15, 0.2) is 11.5 Å². The van der Waals surface area contributed by atoms with Crippen molar-refractivity contribution in [3.05, 3.63) is 87.7 Å². The van der Waals surface area contributed by atoms with Gasteiger partial charge in [-0.2, -0.15) is 5.26 Å². The van der Waals surface area contributed by atoms with Gasteiger partial charge in [0.2, 0.25) is 0 Å². The Hall–Kier alpha value is -4.22. The van der Waals surface area contributed by atoms with Crippen LogP contribution < -0.4 is 24.3 Å². The first-order valence-corrected chi connectivity index (χ1v) is 11.7. The fourth-order valence-corrected chi connectivity index (χ4v) is 3.67. The maximum Gasteiger partial charge on any atom is 0.262 e. The number of benzene rings is 3. The van der Waals surface area contributed by atoms with Crippen LogP contribution in [-0.4, -0.2) is 26.7 Å². The van der Waals surface area contributed by atoms with E-state index in [2.05, 4.69) is 5.32 Å². The van der Waals surface area contributed by atoms with Gasteiger partial charge in [-0.3, -0.25) is 4.79 Å². The highest BCUT2D eigenvalue weighted by Crippen LogP contribution is 2.38. The molecule has 37 heavy (non-hydrogen) atoms. The molecule has 1 amide bonds. The molecule has 0 aliphatic carbocycles. The predicted octanol–water partition coefficient (Wildman–Crippen LogP) is 5.70. The zero-order valence-electron chi connectivity index (χ0n) is 20.6. The van der Waals surface area contributed by atoms with E-state index in [0.717, 1.165) is 11.1 Å². The number of halogens is 2. The standard InChI is InChI=1S/C28H26ClFN2O5/c1-4-36-26-13-19(12-24(29)27(26)37-17-18-5-8-22(30)9-6-18)11-21(15-31)28(33)32-16-20-7-10-23(34-2)14-25(20)35-3/h5-14H,4,16-17H2,1-3H3,(H,32,33)/b21-11+. The van der Waals surface area contributed by atoms with Gasteiger partial charge < -0.3 is 24.3 Å². The fraction of sp³-hybridized carbons (Fsp3) is 0.214. The molecule has 0 radical (unpaired) electrons. The van der Waals surface area contributed by atoms with Gasteiger partial charge in [0.05, 0.1) is 25.8 Å². The van der Waals surface area contributed by atoms with Crippen LogP contribution >= 0.6 is 11.6 Å². The Kier molecular flexibility index (Phi) is 9.76. The minimum Gasteiger partial charge on any atom is -0.497 e. The van der Waals surface area contributed by atoms with Crippen molar-refractivity contribution in [3.63, 3.8) is 0 Å². The van der Waals surface area contributed by atoms with Crippen LogP contribution in [0.1, 0.15) is 23.6 Å². The number of carbonyl (C=O) groups excluding carboxylic acids is 1. The number of rotatable bonds is 11. The molecule has 0 spiro atoms. The lowest BCUT2D eigenvalue weighted by Crippen LogP contribution is -2.24. The topological polar surface area (TPSA) is 89.8 Å². The maximum atomic E-state index is 13.2. The van der Waals surface area contributed by atoms with E-state index >= 15 is 0 Å². The van der Waals surface area contributed by atoms with Gasteiger partial charge in [-0.05, 0) is 60.5 Å². The van der Waals surface area contributed by atoms with E-state index in [-0.39, 0.29) is 29.6 Å². The van der Waals surface area contributed by atoms with Crippen molar-refractivity contribution in [1.29, 1.82) is 5.26 Å². The summed E-state index contributed by atoms with van der Waals surface area (Å²) in [6.45, 7) is 2.44. The molecule has 0 aliphatic rings. The number of hydrogen-bond donors (Lipinski definition) is 1. The van der Waals surface area contributed by atoms with Gasteiger partial charge in [0.25, 0.3) is 5.91 Å². The molecular weight excluding hydrogens is 499 g/mol. The summed E-state index contributed by atoms with van der Waals surface area (Å²) in [6, 6.07) is 16.3. The second-order valence-electron chi connectivity index (χ2n) is 7.71. The van der Waals surface area contributed by atoms with Crippen LogP contribution in [0, 0.1) is 17.1 Å². The summed E-state index contributed by atoms with van der Waals surface area (Å²) >= 11 is 6.47. The van der Waals surface area contributed by atoms with E-state index in [1.165, 1.54) is 25.3 Å². The normalized spacial score (nSPS) is 10.9. The Bertz CT molecular complexity index is 1320. The molecule has 192 valence electrons. The van der Waals surface area contributed by atoms with Gasteiger partial charge in [0.1, 0.15) is 35.6 Å². The lowest BCUT2D eigenvalue weighted by atomic mass is 10.1. The van der Waals surface area contributed by atoms with Gasteiger partial charge in [-0.25, -0.2) is 4.39 Å². The number of nitriles is 1. The number of nitrogens with one attached hydrogen (secondary N) is 1. The molecule has 3 aromatic carbocycles. The van der Waals surface area contributed by atoms with Crippen molar-refractivity contribution in [1.82, 2.24) is 5.32 Å². The zero-order chi connectivity index (χ0) is 26.8. The molecule has 0 unspecified atom stereocenters. The van der Waals surface area contributed by atoms with Crippen LogP contribution in [0.15, 0.2) is 60.2 Å². The third-order valence-corrected chi connectivity index (χ3v) is 5.52. The molecule has 0 aliphatic heterocycles. The van der Waals surface area contributed by atoms with Gasteiger partial charge in [-0.1, -0.05) is 23.7 Å². The molecule has 0 aromatic heterocycles. The molecule has 1 N–H and O–H groups in total. The zero-order valence-corrected chi connectivity index (χ0v) is 21.4. The van der Waals surface area contributed by atoms with Crippen molar-refractivity contribution in [2.75, 3.05) is 20.8 Å². The minimum atomic E-state index is -0.564. The van der Waals surface area contributed by atoms with Crippen molar-refractivity contribution in [2.45, 2.75) is 20.1 Å². The van der Waals surface area contributed by atoms with E-state index in [9.17, 15) is 14.4 Å². The Morgan fingerprint density at radius 2 is 1.81 bits per heavy atom. The van der Waals surface area contributed by atoms with Crippen LogP contribution in [0.4, 0.5) is 4.39 Å². The molecule has 9 heteroatoms. The first kappa shape index (κ1) is 27.4. The lowest BCUT2D eigenvalue weighted by Gasteiger charge is -2.15. The second-order valence-corrected chi connectivity index (χ2v) is 8.12. The maximum absolute atomic E-state index is 13.2. The summed E-state index contributed by atoms with van der Waals surface area (Å²) in [4.78, 5) is 12.7. The number of ether oxygens (including phenoxy) is 4. The molecule has 0 saturated heterocycles. The highest BCUT2D eigenvalue weighted by molar-refractivity contribution is 6.32. The van der Waals surface area contributed by atoms with Crippen LogP contribution in [0.25, 0.3) is 6.08 Å². The number of hydrogen-bond acceptors (Lipinski definition) is 6. The first-order valence-electron chi connectivity index (χ1n) is 11.3. The van der Waals surface area contributed by atoms with Crippen LogP contribution in [0.5, 0.6) is 23.0 Å². The SMILES string of the molecule is CCOc1cc(/C=C(\C#N)C(=O)NCc2ccc(OC)cc2OC)cc(Cl)c1OCc1ccc(F)cc1. The smallest absolute Gasteiger partial charge is 0.262 e. The van der Waals surface area contributed by atoms with Crippen molar-refractivity contribution in [3.8, 4) is 29.1 Å². The number of methoxy groups -OCH3 is 2. The van der Waals surface area contributed by atoms with Crippen molar-refractivity contribution >= 4 is 23.6 Å². The third-order valence-electron chi connectivity index (χ3n) is 5.24. The summed E-state index contributed by atoms with van der Waals surface area (Å²) in [6.07, 6.45) is 1.42. The van der Waals surface area contributed by atoms with Gasteiger partial charge in [0, 0.05) is 18.2 Å². The molecule has 0 bridgehead atoms. The monoisotopic (exact) mass is 524 g/mol. The second kappa shape index (κ2) is 13.2. The summed E-state index contributed by atoms with van der Waals surface area (Å²) < 4.78 is 35.2. The molecule has 0 saturated carbocycles. The van der Waals surface area contributed by atoms with Crippen LogP contribution in [0.3, 0.4) is 0 Å². The van der Waals surface area contributed by atoms with Gasteiger partial charge >= 0.3 is 0 Å². The quantitative estimate of drug-likeness (QED) is 0.256. The van der Waals surface area contributed by atoms with Gasteiger partial charge in [-0.15, -0.1) is 0 Å². The van der Waals surface area contributed by atoms with E-state index in [1.807, 2.05) is 13.0 Å². The van der Waals surface area contributed by atoms with E-state index < -0.39 is 5.91 Å². The molecule has 3 rings (SSSR count). The summed E-state index contributed by atoms with van der Waals surface area (Å²) in [5, 5.41) is 12.6. The summed E-state index contributed by atoms with van der Waals surface area (Å²) in [5.41, 5.74) is 1.83. The van der Waals surface area contributed by atoms with Crippen molar-refractivity contribution in [2.24, 2.45) is 0 Å². The molecule has 0 heterocycles. The predicted molar refractivity (Wildman–Crippen MR) is 138 cm³/mol. The molecule has 0 atom stereocenters. The van der Waals surface area contributed by atoms with E-state index in [1.54, 1.807) is 49.6 Å². The Labute approximate surface area is 220 Å². The average molecular weight is 525 g/mol. The third kappa shape index (κ3) is 7.38. The Balaban J connectivity index is 1.78. The minimum absolute atomic E-state index is 0.119. The number of amides is 1. The highest BCUT2D eigenvalue weighted by atomic mass is 35.5. The van der Waals surface area contributed by atoms with E-state index in [4.69, 9.17) is 30.5 Å². The molecule has 3 aromatic rings. The summed E-state index contributed by atoms with van der Waals surface area (Å²) in [5.74, 6) is 0.922. The Morgan fingerprint density at radius 3 is 2.46 bits per heavy atom. The highest BCUT2D eigenvalue weighted by Gasteiger charge is 2.15. The number of carbonyl (C=O) groups is 1. The Morgan fingerprint density at radius 1 is 1.05 bits per heavy atom. The molecular formula is C28H26ClFN2O5. The van der Waals surface area contributed by atoms with Crippen LogP contribution in [0.2, 0.25) is 5.02 Å². The first-order chi connectivity index (χ1) is 17.9.